The average Bonchev–Trinajstić information content (AvgIpc) is 3.15. The number of halogens is 1. The lowest BCUT2D eigenvalue weighted by atomic mass is 10.1. The Morgan fingerprint density at radius 3 is 2.61 bits per heavy atom. The van der Waals surface area contributed by atoms with Crippen molar-refractivity contribution in [1.29, 1.82) is 0 Å². The molecule has 2 fully saturated rings. The van der Waals surface area contributed by atoms with Gasteiger partial charge in [-0.15, -0.1) is 0 Å². The molecule has 0 aromatic heterocycles. The van der Waals surface area contributed by atoms with Crippen molar-refractivity contribution in [3.8, 4) is 0 Å². The zero-order valence-electron chi connectivity index (χ0n) is 13.8. The molecule has 1 aromatic rings. The van der Waals surface area contributed by atoms with E-state index in [0.717, 1.165) is 12.0 Å². The molecule has 1 aliphatic heterocycles. The average molecular weight is 320 g/mol. The summed E-state index contributed by atoms with van der Waals surface area (Å²) in [5.41, 5.74) is 1.46. The van der Waals surface area contributed by atoms with E-state index in [1.165, 1.54) is 6.07 Å². The highest BCUT2D eigenvalue weighted by Crippen LogP contribution is 2.51. The van der Waals surface area contributed by atoms with Crippen LogP contribution in [0.25, 0.3) is 0 Å². The third kappa shape index (κ3) is 3.66. The molecule has 1 unspecified atom stereocenters. The van der Waals surface area contributed by atoms with Crippen molar-refractivity contribution in [2.45, 2.75) is 45.8 Å². The number of nitrogens with zero attached hydrogens (tertiary/aromatic N) is 1. The number of hydrogen-bond donors (Lipinski definition) is 2. The molecule has 0 spiro atoms. The molecular formula is C18H25FN2O2. The number of carbonyl (C=O) groups excluding carboxylic acids is 1. The van der Waals surface area contributed by atoms with Gasteiger partial charge in [0.05, 0.1) is 11.8 Å². The molecular weight excluding hydrogens is 295 g/mol. The van der Waals surface area contributed by atoms with E-state index in [9.17, 15) is 14.3 Å². The van der Waals surface area contributed by atoms with Crippen molar-refractivity contribution in [2.24, 2.45) is 11.3 Å². The van der Waals surface area contributed by atoms with Gasteiger partial charge in [0.15, 0.2) is 0 Å². The van der Waals surface area contributed by atoms with Crippen LogP contribution in [-0.4, -0.2) is 30.2 Å². The minimum absolute atomic E-state index is 0.0597. The van der Waals surface area contributed by atoms with Crippen LogP contribution in [0.15, 0.2) is 18.2 Å². The molecule has 1 saturated heterocycles. The maximum atomic E-state index is 14.3. The number of amides is 1. The summed E-state index contributed by atoms with van der Waals surface area (Å²) in [6.07, 6.45) is 2.01. The van der Waals surface area contributed by atoms with Crippen LogP contribution in [0.1, 0.15) is 38.7 Å². The predicted molar refractivity (Wildman–Crippen MR) is 87.6 cm³/mol. The van der Waals surface area contributed by atoms with Crippen LogP contribution >= 0.6 is 0 Å². The maximum Gasteiger partial charge on any atom is 0.223 e. The van der Waals surface area contributed by atoms with Crippen LogP contribution in [0.3, 0.4) is 0 Å². The predicted octanol–water partition coefficient (Wildman–Crippen LogP) is 2.45. The highest BCUT2D eigenvalue weighted by atomic mass is 19.1. The quantitative estimate of drug-likeness (QED) is 0.896. The van der Waals surface area contributed by atoms with E-state index < -0.39 is 0 Å². The molecule has 1 atom stereocenters. The Morgan fingerprint density at radius 2 is 2.04 bits per heavy atom. The molecule has 3 rings (SSSR count). The van der Waals surface area contributed by atoms with Crippen LogP contribution in [0.5, 0.6) is 0 Å². The van der Waals surface area contributed by atoms with Crippen LogP contribution in [0.2, 0.25) is 0 Å². The fraction of sp³-hybridized carbons (Fsp3) is 0.611. The monoisotopic (exact) mass is 320 g/mol. The Balaban J connectivity index is 1.58. The van der Waals surface area contributed by atoms with Gasteiger partial charge in [-0.1, -0.05) is 19.9 Å². The lowest BCUT2D eigenvalue weighted by Gasteiger charge is -2.31. The number of piperidine rings is 1. The molecule has 5 heteroatoms. The van der Waals surface area contributed by atoms with Gasteiger partial charge in [0.1, 0.15) is 5.82 Å². The van der Waals surface area contributed by atoms with E-state index in [-0.39, 0.29) is 29.2 Å². The Labute approximate surface area is 136 Å². The van der Waals surface area contributed by atoms with E-state index in [2.05, 4.69) is 19.2 Å². The van der Waals surface area contributed by atoms with Crippen molar-refractivity contribution >= 4 is 11.6 Å². The highest BCUT2D eigenvalue weighted by Gasteiger charge is 2.50. The molecule has 1 aliphatic carbocycles. The van der Waals surface area contributed by atoms with Gasteiger partial charge >= 0.3 is 0 Å². The van der Waals surface area contributed by atoms with Crippen LogP contribution in [-0.2, 0) is 11.3 Å². The van der Waals surface area contributed by atoms with Crippen molar-refractivity contribution in [3.63, 3.8) is 0 Å². The number of nitrogens with one attached hydrogen (secondary N) is 1. The van der Waals surface area contributed by atoms with Gasteiger partial charge in [0, 0.05) is 25.6 Å². The van der Waals surface area contributed by atoms with Gasteiger partial charge < -0.3 is 15.3 Å². The van der Waals surface area contributed by atoms with Gasteiger partial charge in [-0.3, -0.25) is 4.79 Å². The largest absolute Gasteiger partial charge is 0.393 e. The number of aliphatic hydroxyl groups is 1. The first-order valence-corrected chi connectivity index (χ1v) is 8.36. The number of carbonyl (C=O) groups is 1. The fourth-order valence-electron chi connectivity index (χ4n) is 3.25. The number of anilines is 1. The number of benzene rings is 1. The lowest BCUT2D eigenvalue weighted by Crippen LogP contribution is -2.36. The Hall–Kier alpha value is -1.62. The normalized spacial score (nSPS) is 23.7. The minimum Gasteiger partial charge on any atom is -0.393 e. The molecule has 1 saturated carbocycles. The van der Waals surface area contributed by atoms with Gasteiger partial charge in [0.25, 0.3) is 0 Å². The zero-order valence-corrected chi connectivity index (χ0v) is 13.8. The summed E-state index contributed by atoms with van der Waals surface area (Å²) in [4.78, 5) is 14.0. The molecule has 0 bridgehead atoms. The standard InChI is InChI=1S/C18H25FN2O2/c1-18(2)10-14(18)17(23)20-11-12-3-4-16(15(19)9-12)21-7-5-13(22)6-8-21/h3-4,9,13-14,22H,5-8,10-11H2,1-2H3,(H,20,23). The van der Waals surface area contributed by atoms with E-state index in [1.807, 2.05) is 11.0 Å². The van der Waals surface area contributed by atoms with Crippen LogP contribution < -0.4 is 10.2 Å². The van der Waals surface area contributed by atoms with Crippen molar-refractivity contribution in [3.05, 3.63) is 29.6 Å². The Kier molecular flexibility index (Phi) is 4.32. The second-order valence-electron chi connectivity index (χ2n) is 7.47. The van der Waals surface area contributed by atoms with Crippen LogP contribution in [0.4, 0.5) is 10.1 Å². The van der Waals surface area contributed by atoms with Crippen molar-refractivity contribution in [2.75, 3.05) is 18.0 Å². The molecule has 1 heterocycles. The molecule has 2 N–H and O–H groups in total. The van der Waals surface area contributed by atoms with E-state index in [4.69, 9.17) is 0 Å². The summed E-state index contributed by atoms with van der Waals surface area (Å²) < 4.78 is 14.3. The summed E-state index contributed by atoms with van der Waals surface area (Å²) in [6, 6.07) is 5.13. The summed E-state index contributed by atoms with van der Waals surface area (Å²) >= 11 is 0. The van der Waals surface area contributed by atoms with Crippen LogP contribution in [0, 0.1) is 17.2 Å². The summed E-state index contributed by atoms with van der Waals surface area (Å²) in [5, 5.41) is 12.4. The molecule has 23 heavy (non-hydrogen) atoms. The molecule has 1 aromatic carbocycles. The Morgan fingerprint density at radius 1 is 1.39 bits per heavy atom. The number of rotatable bonds is 4. The van der Waals surface area contributed by atoms with Gasteiger partial charge in [-0.2, -0.15) is 0 Å². The van der Waals surface area contributed by atoms with E-state index >= 15 is 0 Å². The zero-order chi connectivity index (χ0) is 16.6. The first-order chi connectivity index (χ1) is 10.9. The molecule has 126 valence electrons. The first-order valence-electron chi connectivity index (χ1n) is 8.36. The SMILES string of the molecule is CC1(C)CC1C(=O)NCc1ccc(N2CCC(O)CC2)c(F)c1. The second kappa shape index (κ2) is 6.11. The lowest BCUT2D eigenvalue weighted by molar-refractivity contribution is -0.123. The second-order valence-corrected chi connectivity index (χ2v) is 7.47. The third-order valence-electron chi connectivity index (χ3n) is 5.11. The molecule has 4 nitrogen and oxygen atoms in total. The number of hydrogen-bond acceptors (Lipinski definition) is 3. The van der Waals surface area contributed by atoms with Gasteiger partial charge in [0.2, 0.25) is 5.91 Å². The summed E-state index contributed by atoms with van der Waals surface area (Å²) in [7, 11) is 0. The number of aliphatic hydroxyl groups excluding tert-OH is 1. The smallest absolute Gasteiger partial charge is 0.223 e. The van der Waals surface area contributed by atoms with Gasteiger partial charge in [-0.05, 0) is 42.4 Å². The summed E-state index contributed by atoms with van der Waals surface area (Å²) in [5.74, 6) is -0.115. The van der Waals surface area contributed by atoms with Crippen molar-refractivity contribution < 1.29 is 14.3 Å². The van der Waals surface area contributed by atoms with Crippen molar-refractivity contribution in [1.82, 2.24) is 5.32 Å². The summed E-state index contributed by atoms with van der Waals surface area (Å²) in [6.45, 7) is 5.87. The minimum atomic E-state index is -0.268. The fourth-order valence-corrected chi connectivity index (χ4v) is 3.25. The molecule has 2 aliphatic rings. The van der Waals surface area contributed by atoms with E-state index in [0.29, 0.717) is 38.2 Å². The Bertz CT molecular complexity index is 595. The maximum absolute atomic E-state index is 14.3. The first kappa shape index (κ1) is 16.2. The van der Waals surface area contributed by atoms with Gasteiger partial charge in [-0.25, -0.2) is 4.39 Å². The third-order valence-corrected chi connectivity index (χ3v) is 5.11. The topological polar surface area (TPSA) is 52.6 Å². The molecule has 1 amide bonds. The highest BCUT2D eigenvalue weighted by molar-refractivity contribution is 5.82. The van der Waals surface area contributed by atoms with E-state index in [1.54, 1.807) is 6.07 Å². The molecule has 0 radical (unpaired) electrons.